The minimum atomic E-state index is -4.48. The number of rotatable bonds is 28. The van der Waals surface area contributed by atoms with Crippen LogP contribution < -0.4 is 42.4 Å². The van der Waals surface area contributed by atoms with E-state index in [1.54, 1.807) is 27.9 Å². The number of carbonyl (C=O) groups excluding carboxylic acids is 9. The second kappa shape index (κ2) is 28.3. The number of imide groups is 1. The van der Waals surface area contributed by atoms with Crippen molar-refractivity contribution in [2.45, 2.75) is 148 Å². The van der Waals surface area contributed by atoms with E-state index in [0.717, 1.165) is 10.5 Å². The van der Waals surface area contributed by atoms with Gasteiger partial charge in [0.05, 0.1) is 17.0 Å². The largest absolute Gasteiger partial charge is 0.352 e. The maximum atomic E-state index is 14.4. The van der Waals surface area contributed by atoms with Gasteiger partial charge >= 0.3 is 6.03 Å². The van der Waals surface area contributed by atoms with Gasteiger partial charge in [-0.25, -0.2) is 17.9 Å². The second-order valence-corrected chi connectivity index (χ2v) is 23.0. The third-order valence-corrected chi connectivity index (χ3v) is 14.5. The maximum absolute atomic E-state index is 14.4. The quantitative estimate of drug-likeness (QED) is 0.0345. The van der Waals surface area contributed by atoms with Gasteiger partial charge in [0.2, 0.25) is 29.5 Å². The molecule has 2 aromatic carbocycles. The number of anilines is 1. The predicted molar refractivity (Wildman–Crippen MR) is 289 cm³/mol. The first kappa shape index (κ1) is 63.4. The number of hydrogen-bond donors (Lipinski definition) is 8. The summed E-state index contributed by atoms with van der Waals surface area (Å²) in [7, 11) is -1.23. The van der Waals surface area contributed by atoms with Crippen LogP contribution in [0, 0.1) is 17.3 Å². The van der Waals surface area contributed by atoms with Crippen LogP contribution in [0.3, 0.4) is 0 Å². The Morgan fingerprint density at radius 1 is 0.750 bits per heavy atom. The van der Waals surface area contributed by atoms with Crippen LogP contribution in [-0.2, 0) is 53.8 Å². The molecule has 1 aliphatic rings. The number of primary amides is 1. The molecule has 0 saturated heterocycles. The zero-order valence-corrected chi connectivity index (χ0v) is 46.8. The number of nitrogens with zero attached hydrogens (tertiary/aromatic N) is 2. The van der Waals surface area contributed by atoms with Gasteiger partial charge in [-0.05, 0) is 86.7 Å². The molecule has 1 heterocycles. The molecule has 3 rings (SSSR count). The highest BCUT2D eigenvalue weighted by Gasteiger charge is 2.42. The SMILES string of the molecule is CNC(C(=O)NC(C(=O)N(C)C(C=C(C)C(=O)NS(=O)(=O)c1ccc(NC(=O)C(CCCNC(N)=O)NC(=O)C(NC(=O)CCCCCN2C(=O)C=CC2=O)C(C)C)cc1)C(C)C)C(C)(C)C)C(C)(C)c1ccccc1. The third kappa shape index (κ3) is 18.4. The van der Waals surface area contributed by atoms with Crippen molar-refractivity contribution in [2.24, 2.45) is 23.0 Å². The number of nitrogens with two attached hydrogens (primary N) is 1. The van der Waals surface area contributed by atoms with Crippen molar-refractivity contribution in [1.29, 1.82) is 0 Å². The number of hydrogen-bond acceptors (Lipinski definition) is 12. The third-order valence-electron chi connectivity index (χ3n) is 13.2. The van der Waals surface area contributed by atoms with Crippen LogP contribution in [0.1, 0.15) is 113 Å². The van der Waals surface area contributed by atoms with Crippen LogP contribution in [0.15, 0.2) is 83.3 Å². The normalized spacial score (nSPS) is 15.1. The lowest BCUT2D eigenvalue weighted by molar-refractivity contribution is -0.141. The van der Waals surface area contributed by atoms with E-state index in [4.69, 9.17) is 5.73 Å². The Morgan fingerprint density at radius 3 is 1.89 bits per heavy atom. The van der Waals surface area contributed by atoms with Gasteiger partial charge in [0.15, 0.2) is 0 Å². The summed E-state index contributed by atoms with van der Waals surface area (Å²) in [6.45, 7) is 18.3. The number of nitrogens with one attached hydrogen (secondary N) is 7. The fraction of sp³-hybridized carbons (Fsp3) is 0.537. The van der Waals surface area contributed by atoms with E-state index in [1.165, 1.54) is 54.3 Å². The molecular formula is C54H80N10O11S. The van der Waals surface area contributed by atoms with Gasteiger partial charge in [-0.3, -0.25) is 43.3 Å². The van der Waals surface area contributed by atoms with Gasteiger partial charge in [0.25, 0.3) is 27.7 Å². The summed E-state index contributed by atoms with van der Waals surface area (Å²) in [6, 6.07) is 9.09. The number of unbranched alkanes of at least 4 members (excludes halogenated alkanes) is 2. The molecule has 9 N–H and O–H groups in total. The van der Waals surface area contributed by atoms with Gasteiger partial charge in [0, 0.05) is 55.4 Å². The minimum Gasteiger partial charge on any atom is -0.352 e. The molecular weight excluding hydrogens is 997 g/mol. The van der Waals surface area contributed by atoms with Crippen molar-refractivity contribution in [2.75, 3.05) is 32.5 Å². The van der Waals surface area contributed by atoms with Crippen LogP contribution in [-0.4, -0.2) is 129 Å². The molecule has 76 heavy (non-hydrogen) atoms. The van der Waals surface area contributed by atoms with Gasteiger partial charge in [-0.1, -0.05) is 105 Å². The van der Waals surface area contributed by atoms with Gasteiger partial charge in [-0.15, -0.1) is 0 Å². The molecule has 5 unspecified atom stereocenters. The zero-order valence-electron chi connectivity index (χ0n) is 46.0. The molecule has 22 heteroatoms. The summed E-state index contributed by atoms with van der Waals surface area (Å²) in [4.78, 5) is 119. The van der Waals surface area contributed by atoms with Crippen molar-refractivity contribution in [3.8, 4) is 0 Å². The molecule has 0 aromatic heterocycles. The molecule has 0 bridgehead atoms. The molecule has 2 aromatic rings. The highest BCUT2D eigenvalue weighted by molar-refractivity contribution is 7.90. The highest BCUT2D eigenvalue weighted by atomic mass is 32.2. The Morgan fingerprint density at radius 2 is 1.36 bits per heavy atom. The number of likely N-dealkylation sites (N-methyl/N-ethyl adjacent to an activating group) is 2. The Hall–Kier alpha value is -6.94. The molecule has 0 radical (unpaired) electrons. The second-order valence-electron chi connectivity index (χ2n) is 21.4. The van der Waals surface area contributed by atoms with Crippen molar-refractivity contribution in [3.05, 3.63) is 84.0 Å². The lowest BCUT2D eigenvalue weighted by Gasteiger charge is -2.40. The number of urea groups is 1. The summed E-state index contributed by atoms with van der Waals surface area (Å²) in [6.07, 6.45) is 5.69. The highest BCUT2D eigenvalue weighted by Crippen LogP contribution is 2.29. The summed E-state index contributed by atoms with van der Waals surface area (Å²) in [5.41, 5.74) is 4.87. The maximum Gasteiger partial charge on any atom is 0.312 e. The smallest absolute Gasteiger partial charge is 0.312 e. The first-order valence-corrected chi connectivity index (χ1v) is 27.0. The minimum absolute atomic E-state index is 0.00104. The monoisotopic (exact) mass is 1080 g/mol. The Balaban J connectivity index is 1.71. The first-order valence-electron chi connectivity index (χ1n) is 25.6. The van der Waals surface area contributed by atoms with Crippen molar-refractivity contribution in [1.82, 2.24) is 41.1 Å². The summed E-state index contributed by atoms with van der Waals surface area (Å²) in [5.74, 6) is -4.92. The van der Waals surface area contributed by atoms with E-state index in [1.807, 2.05) is 78.8 Å². The number of benzene rings is 2. The van der Waals surface area contributed by atoms with Crippen LogP contribution in [0.5, 0.6) is 0 Å². The first-order chi connectivity index (χ1) is 35.4. The van der Waals surface area contributed by atoms with E-state index in [-0.39, 0.29) is 72.1 Å². The fourth-order valence-corrected chi connectivity index (χ4v) is 9.60. The van der Waals surface area contributed by atoms with Gasteiger partial charge < -0.3 is 42.5 Å². The lowest BCUT2D eigenvalue weighted by Crippen LogP contribution is -2.61. The molecule has 10 amide bonds. The average molecular weight is 1080 g/mol. The molecule has 0 aliphatic carbocycles. The van der Waals surface area contributed by atoms with Crippen LogP contribution in [0.2, 0.25) is 0 Å². The van der Waals surface area contributed by atoms with Crippen molar-refractivity contribution in [3.63, 3.8) is 0 Å². The molecule has 0 spiro atoms. The van der Waals surface area contributed by atoms with E-state index in [9.17, 15) is 51.6 Å². The molecule has 5 atom stereocenters. The standard InChI is InChI=1S/C54H80N10O11S/c1-33(2)40(63(12)51(72)46(53(6,7)8)61-50(71)45(56-11)54(9,10)36-20-15-13-16-21-36)32-35(5)47(68)62-76(74,75)38-26-24-37(25-27-38)58-48(69)39(22-19-30-57-52(55)73)59-49(70)44(34(3)4)60-41(65)23-17-14-18-31-64-42(66)28-29-43(64)67/h13,15-16,20-21,24-29,32-34,39-40,44-46,56H,14,17-19,22-23,30-31H2,1-12H3,(H,58,69)(H,59,70)(H,60,65)(H,61,71)(H,62,68)(H3,55,57,73). The number of amides is 10. The van der Waals surface area contributed by atoms with Crippen molar-refractivity contribution >= 4 is 69.0 Å². The zero-order chi connectivity index (χ0) is 57.3. The van der Waals surface area contributed by atoms with Crippen LogP contribution >= 0.6 is 0 Å². The lowest BCUT2D eigenvalue weighted by atomic mass is 9.76. The molecule has 1 aliphatic heterocycles. The Kier molecular flexibility index (Phi) is 23.6. The van der Waals surface area contributed by atoms with E-state index in [0.29, 0.717) is 19.3 Å². The summed E-state index contributed by atoms with van der Waals surface area (Å²) in [5, 5.41) is 16.6. The van der Waals surface area contributed by atoms with Crippen molar-refractivity contribution < 1.29 is 51.6 Å². The number of carbonyl (C=O) groups is 9. The topological polar surface area (TPSA) is 304 Å². The molecule has 418 valence electrons. The van der Waals surface area contributed by atoms with E-state index in [2.05, 4.69) is 36.6 Å². The van der Waals surface area contributed by atoms with Gasteiger partial charge in [0.1, 0.15) is 18.1 Å². The van der Waals surface area contributed by atoms with Crippen LogP contribution in [0.4, 0.5) is 10.5 Å². The van der Waals surface area contributed by atoms with Crippen LogP contribution in [0.25, 0.3) is 0 Å². The summed E-state index contributed by atoms with van der Waals surface area (Å²) < 4.78 is 29.2. The predicted octanol–water partition coefficient (Wildman–Crippen LogP) is 3.52. The fourth-order valence-electron chi connectivity index (χ4n) is 8.58. The summed E-state index contributed by atoms with van der Waals surface area (Å²) >= 11 is 0. The Labute approximate surface area is 447 Å². The average Bonchev–Trinajstić information content (AvgIpc) is 3.66. The van der Waals surface area contributed by atoms with E-state index < -0.39 is 92.5 Å². The molecule has 21 nitrogen and oxygen atoms in total. The van der Waals surface area contributed by atoms with E-state index >= 15 is 0 Å². The van der Waals surface area contributed by atoms with Gasteiger partial charge in [-0.2, -0.15) is 0 Å². The molecule has 0 fully saturated rings. The molecule has 0 saturated carbocycles. The number of sulfonamides is 1. The Bertz CT molecular complexity index is 2560.